The number of nitrogens with zero attached hydrogens (tertiary/aromatic N) is 1. The van der Waals surface area contributed by atoms with Crippen LogP contribution in [0.15, 0.2) is 30.3 Å². The topological polar surface area (TPSA) is 66.8 Å². The van der Waals surface area contributed by atoms with Gasteiger partial charge in [0.1, 0.15) is 6.10 Å². The van der Waals surface area contributed by atoms with Gasteiger partial charge >= 0.3 is 5.97 Å². The number of carboxylic acids is 1. The van der Waals surface area contributed by atoms with E-state index in [0.29, 0.717) is 25.3 Å². The number of hydrogen-bond acceptors (Lipinski definition) is 3. The number of benzene rings is 1. The van der Waals surface area contributed by atoms with Crippen molar-refractivity contribution >= 4 is 11.9 Å². The fourth-order valence-electron chi connectivity index (χ4n) is 3.22. The molecular weight excluding hydrogens is 294 g/mol. The van der Waals surface area contributed by atoms with E-state index in [2.05, 4.69) is 6.92 Å². The molecule has 1 aliphatic carbocycles. The van der Waals surface area contributed by atoms with E-state index >= 15 is 0 Å². The van der Waals surface area contributed by atoms with Crippen molar-refractivity contribution in [2.24, 2.45) is 5.92 Å². The van der Waals surface area contributed by atoms with Gasteiger partial charge in [0, 0.05) is 12.6 Å². The molecule has 5 nitrogen and oxygen atoms in total. The number of carbonyl (C=O) groups excluding carboxylic acids is 1. The number of ether oxygens (including phenoxy) is 1. The number of aliphatic carboxylic acids is 1. The van der Waals surface area contributed by atoms with E-state index in [-0.39, 0.29) is 11.9 Å². The molecule has 1 unspecified atom stereocenters. The third-order valence-electron chi connectivity index (χ3n) is 4.85. The van der Waals surface area contributed by atoms with E-state index in [9.17, 15) is 9.59 Å². The summed E-state index contributed by atoms with van der Waals surface area (Å²) in [5.41, 5.74) is 1.08. The lowest BCUT2D eigenvalue weighted by Crippen LogP contribution is -2.45. The number of hydrogen-bond donors (Lipinski definition) is 1. The summed E-state index contributed by atoms with van der Waals surface area (Å²) in [4.78, 5) is 25.8. The van der Waals surface area contributed by atoms with Gasteiger partial charge in [0.2, 0.25) is 0 Å². The van der Waals surface area contributed by atoms with Crippen LogP contribution < -0.4 is 0 Å². The van der Waals surface area contributed by atoms with E-state index in [1.165, 1.54) is 0 Å². The molecule has 1 N–H and O–H groups in total. The molecule has 3 rings (SSSR count). The Morgan fingerprint density at radius 1 is 1.17 bits per heavy atom. The van der Waals surface area contributed by atoms with Gasteiger partial charge in [-0.15, -0.1) is 0 Å². The van der Waals surface area contributed by atoms with Crippen LogP contribution in [-0.2, 0) is 20.9 Å². The first-order valence-electron chi connectivity index (χ1n) is 8.29. The molecule has 23 heavy (non-hydrogen) atoms. The molecule has 0 spiro atoms. The molecule has 1 aromatic carbocycles. The summed E-state index contributed by atoms with van der Waals surface area (Å²) in [7, 11) is 0. The highest BCUT2D eigenvalue weighted by Crippen LogP contribution is 2.36. The minimum Gasteiger partial charge on any atom is -0.479 e. The average molecular weight is 317 g/mol. The summed E-state index contributed by atoms with van der Waals surface area (Å²) < 4.78 is 5.46. The Morgan fingerprint density at radius 3 is 2.39 bits per heavy atom. The Hall–Kier alpha value is -1.88. The summed E-state index contributed by atoms with van der Waals surface area (Å²) in [5, 5.41) is 9.04. The predicted molar refractivity (Wildman–Crippen MR) is 84.7 cm³/mol. The van der Waals surface area contributed by atoms with E-state index in [0.717, 1.165) is 18.4 Å². The Labute approximate surface area is 136 Å². The van der Waals surface area contributed by atoms with Crippen LogP contribution in [0.1, 0.15) is 38.2 Å². The lowest BCUT2D eigenvalue weighted by Gasteiger charge is -2.31. The molecule has 5 heteroatoms. The number of rotatable bonds is 6. The Morgan fingerprint density at radius 2 is 1.83 bits per heavy atom. The molecule has 124 valence electrons. The molecule has 0 bridgehead atoms. The summed E-state index contributed by atoms with van der Waals surface area (Å²) in [6.45, 7) is 2.64. The van der Waals surface area contributed by atoms with E-state index in [4.69, 9.17) is 9.84 Å². The van der Waals surface area contributed by atoms with Crippen LogP contribution in [-0.4, -0.2) is 40.1 Å². The van der Waals surface area contributed by atoms with Gasteiger partial charge in [-0.25, -0.2) is 4.79 Å². The van der Waals surface area contributed by atoms with Crippen LogP contribution >= 0.6 is 0 Å². The molecule has 1 amide bonds. The maximum Gasteiger partial charge on any atom is 0.332 e. The van der Waals surface area contributed by atoms with Crippen LogP contribution in [0.2, 0.25) is 0 Å². The minimum atomic E-state index is -0.981. The first-order valence-corrected chi connectivity index (χ1v) is 8.29. The quantitative estimate of drug-likeness (QED) is 0.875. The number of amides is 1. The largest absolute Gasteiger partial charge is 0.479 e. The maximum atomic E-state index is 12.9. The third-order valence-corrected chi connectivity index (χ3v) is 4.85. The minimum absolute atomic E-state index is 0.0722. The van der Waals surface area contributed by atoms with Gasteiger partial charge in [0.25, 0.3) is 5.91 Å². The number of carbonyl (C=O) groups is 2. The van der Waals surface area contributed by atoms with Crippen molar-refractivity contribution < 1.29 is 19.4 Å². The molecule has 2 aliphatic rings. The van der Waals surface area contributed by atoms with Crippen molar-refractivity contribution in [2.45, 2.75) is 57.4 Å². The van der Waals surface area contributed by atoms with Crippen molar-refractivity contribution in [3.05, 3.63) is 35.9 Å². The van der Waals surface area contributed by atoms with Gasteiger partial charge in [-0.05, 0) is 44.1 Å². The molecule has 0 aromatic heterocycles. The third kappa shape index (κ3) is 3.72. The average Bonchev–Trinajstić information content (AvgIpc) is 3.28. The Balaban J connectivity index is 1.72. The lowest BCUT2D eigenvalue weighted by molar-refractivity contribution is -0.156. The first kappa shape index (κ1) is 16.0. The molecule has 1 aromatic rings. The Bertz CT molecular complexity index is 570. The summed E-state index contributed by atoms with van der Waals surface area (Å²) in [6, 6.07) is 10.1. The smallest absolute Gasteiger partial charge is 0.332 e. The van der Waals surface area contributed by atoms with E-state index in [1.54, 1.807) is 0 Å². The second-order valence-electron chi connectivity index (χ2n) is 6.56. The highest BCUT2D eigenvalue weighted by atomic mass is 16.5. The van der Waals surface area contributed by atoms with Gasteiger partial charge in [0.05, 0.1) is 0 Å². The SMILES string of the molecule is CC(C1CC1)N(Cc1ccccc1)C(=O)[C@@H]1CC[C@H](C(=O)O)O1. The molecule has 0 radical (unpaired) electrons. The van der Waals surface area contributed by atoms with Gasteiger partial charge < -0.3 is 14.7 Å². The Kier molecular flexibility index (Phi) is 4.66. The fraction of sp³-hybridized carbons (Fsp3) is 0.556. The second kappa shape index (κ2) is 6.71. The van der Waals surface area contributed by atoms with Crippen LogP contribution in [0.5, 0.6) is 0 Å². The monoisotopic (exact) mass is 317 g/mol. The van der Waals surface area contributed by atoms with Crippen molar-refractivity contribution in [2.75, 3.05) is 0 Å². The highest BCUT2D eigenvalue weighted by Gasteiger charge is 2.41. The van der Waals surface area contributed by atoms with Crippen molar-refractivity contribution in [1.82, 2.24) is 4.90 Å². The van der Waals surface area contributed by atoms with Crippen molar-refractivity contribution in [1.29, 1.82) is 0 Å². The van der Waals surface area contributed by atoms with Crippen LogP contribution in [0.3, 0.4) is 0 Å². The van der Waals surface area contributed by atoms with Crippen LogP contribution in [0.4, 0.5) is 0 Å². The summed E-state index contributed by atoms with van der Waals surface area (Å²) in [6.07, 6.45) is 1.73. The van der Waals surface area contributed by atoms with Crippen LogP contribution in [0, 0.1) is 5.92 Å². The zero-order valence-electron chi connectivity index (χ0n) is 13.4. The fourth-order valence-corrected chi connectivity index (χ4v) is 3.22. The zero-order chi connectivity index (χ0) is 16.4. The summed E-state index contributed by atoms with van der Waals surface area (Å²) >= 11 is 0. The summed E-state index contributed by atoms with van der Waals surface area (Å²) in [5.74, 6) is -0.499. The molecular formula is C18H23NO4. The normalized spacial score (nSPS) is 25.1. The molecule has 1 saturated heterocycles. The predicted octanol–water partition coefficient (Wildman–Crippen LogP) is 2.45. The molecule has 3 atom stereocenters. The first-order chi connectivity index (χ1) is 11.1. The van der Waals surface area contributed by atoms with Crippen molar-refractivity contribution in [3.8, 4) is 0 Å². The second-order valence-corrected chi connectivity index (χ2v) is 6.56. The molecule has 1 aliphatic heterocycles. The highest BCUT2D eigenvalue weighted by molar-refractivity contribution is 5.83. The van der Waals surface area contributed by atoms with Crippen LogP contribution in [0.25, 0.3) is 0 Å². The molecule has 1 heterocycles. The zero-order valence-corrected chi connectivity index (χ0v) is 13.4. The number of carboxylic acid groups (broad SMARTS) is 1. The lowest BCUT2D eigenvalue weighted by atomic mass is 10.1. The molecule has 1 saturated carbocycles. The van der Waals surface area contributed by atoms with E-state index < -0.39 is 18.2 Å². The van der Waals surface area contributed by atoms with Gasteiger partial charge in [-0.3, -0.25) is 4.79 Å². The van der Waals surface area contributed by atoms with Gasteiger partial charge in [0.15, 0.2) is 6.10 Å². The maximum absolute atomic E-state index is 12.9. The van der Waals surface area contributed by atoms with Gasteiger partial charge in [-0.2, -0.15) is 0 Å². The van der Waals surface area contributed by atoms with E-state index in [1.807, 2.05) is 35.2 Å². The standard InChI is InChI=1S/C18H23NO4/c1-12(14-7-8-14)19(11-13-5-3-2-4-6-13)17(20)15-9-10-16(23-15)18(21)22/h2-6,12,14-16H,7-11H2,1H3,(H,21,22)/t12?,15-,16+/m0/s1. The van der Waals surface area contributed by atoms with Gasteiger partial charge in [-0.1, -0.05) is 30.3 Å². The van der Waals surface area contributed by atoms with Crippen molar-refractivity contribution in [3.63, 3.8) is 0 Å². The molecule has 2 fully saturated rings.